The number of nitrogens with two attached hydrogens (primary N) is 1. The molecule has 0 spiro atoms. The molecule has 19 heavy (non-hydrogen) atoms. The van der Waals surface area contributed by atoms with Crippen LogP contribution in [0.2, 0.25) is 0 Å². The lowest BCUT2D eigenvalue weighted by atomic mass is 9.90. The Labute approximate surface area is 115 Å². The minimum atomic E-state index is 0.294. The van der Waals surface area contributed by atoms with Gasteiger partial charge in [-0.25, -0.2) is 0 Å². The monoisotopic (exact) mass is 260 g/mol. The van der Waals surface area contributed by atoms with Crippen LogP contribution in [0.4, 0.5) is 0 Å². The highest BCUT2D eigenvalue weighted by Crippen LogP contribution is 2.41. The maximum atomic E-state index is 5.84. The van der Waals surface area contributed by atoms with Crippen molar-refractivity contribution in [1.82, 2.24) is 5.43 Å². The molecular formula is C16H24N2O. The van der Waals surface area contributed by atoms with Crippen LogP contribution in [-0.2, 0) is 6.42 Å². The molecule has 1 heterocycles. The number of hydrogen-bond donors (Lipinski definition) is 2. The fourth-order valence-electron chi connectivity index (χ4n) is 3.69. The molecule has 1 saturated carbocycles. The summed E-state index contributed by atoms with van der Waals surface area (Å²) in [5, 5.41) is 0. The first-order valence-electron chi connectivity index (χ1n) is 7.53. The van der Waals surface area contributed by atoms with Gasteiger partial charge in [-0.15, -0.1) is 0 Å². The van der Waals surface area contributed by atoms with Crippen molar-refractivity contribution in [2.45, 2.75) is 45.1 Å². The summed E-state index contributed by atoms with van der Waals surface area (Å²) >= 11 is 0. The fraction of sp³-hybridized carbons (Fsp3) is 0.625. The first-order valence-corrected chi connectivity index (χ1v) is 7.53. The molecule has 3 heteroatoms. The van der Waals surface area contributed by atoms with E-state index in [1.165, 1.54) is 36.8 Å². The smallest absolute Gasteiger partial charge is 0.122 e. The number of nitrogens with one attached hydrogen (secondary N) is 1. The van der Waals surface area contributed by atoms with E-state index in [0.29, 0.717) is 12.0 Å². The fourth-order valence-corrected chi connectivity index (χ4v) is 3.69. The summed E-state index contributed by atoms with van der Waals surface area (Å²) in [7, 11) is 0. The highest BCUT2D eigenvalue weighted by Gasteiger charge is 2.30. The van der Waals surface area contributed by atoms with Crippen LogP contribution in [0.1, 0.15) is 49.8 Å². The number of hydrogen-bond acceptors (Lipinski definition) is 3. The Morgan fingerprint density at radius 2 is 2.32 bits per heavy atom. The van der Waals surface area contributed by atoms with Crippen molar-refractivity contribution in [1.29, 1.82) is 0 Å². The number of fused-ring (bicyclic) bond motifs is 1. The molecule has 3 rings (SSSR count). The lowest BCUT2D eigenvalue weighted by Gasteiger charge is -2.24. The topological polar surface area (TPSA) is 47.3 Å². The SMILES string of the molecule is CCC1CCC(C(NN)c2ccc3c(c2)CCO3)C1. The third kappa shape index (κ3) is 2.49. The molecule has 0 radical (unpaired) electrons. The zero-order chi connectivity index (χ0) is 13.2. The molecule has 2 aliphatic rings. The van der Waals surface area contributed by atoms with Gasteiger partial charge in [0.15, 0.2) is 0 Å². The Morgan fingerprint density at radius 1 is 1.42 bits per heavy atom. The predicted octanol–water partition coefficient (Wildman–Crippen LogP) is 2.95. The zero-order valence-electron chi connectivity index (χ0n) is 11.7. The van der Waals surface area contributed by atoms with Gasteiger partial charge in [-0.2, -0.15) is 0 Å². The van der Waals surface area contributed by atoms with E-state index in [9.17, 15) is 0 Å². The summed E-state index contributed by atoms with van der Waals surface area (Å²) in [4.78, 5) is 0. The molecule has 1 fully saturated rings. The van der Waals surface area contributed by atoms with Crippen LogP contribution in [0.25, 0.3) is 0 Å². The van der Waals surface area contributed by atoms with E-state index < -0.39 is 0 Å². The van der Waals surface area contributed by atoms with Crippen molar-refractivity contribution in [2.75, 3.05) is 6.61 Å². The molecule has 3 N–H and O–H groups in total. The van der Waals surface area contributed by atoms with E-state index in [0.717, 1.165) is 24.7 Å². The van der Waals surface area contributed by atoms with E-state index in [2.05, 4.69) is 30.5 Å². The van der Waals surface area contributed by atoms with E-state index in [-0.39, 0.29) is 0 Å². The molecule has 1 aliphatic heterocycles. The second-order valence-corrected chi connectivity index (χ2v) is 5.96. The number of benzene rings is 1. The average Bonchev–Trinajstić information content (AvgIpc) is 3.07. The molecule has 1 aromatic carbocycles. The van der Waals surface area contributed by atoms with Gasteiger partial charge in [-0.05, 0) is 41.9 Å². The molecule has 0 bridgehead atoms. The van der Waals surface area contributed by atoms with Crippen LogP contribution in [0.3, 0.4) is 0 Å². The Balaban J connectivity index is 1.79. The molecule has 1 aromatic rings. The lowest BCUT2D eigenvalue weighted by molar-refractivity contribution is 0.354. The summed E-state index contributed by atoms with van der Waals surface area (Å²) in [6, 6.07) is 6.86. The normalized spacial score (nSPS) is 27.1. The van der Waals surface area contributed by atoms with Crippen LogP contribution in [0.15, 0.2) is 18.2 Å². The van der Waals surface area contributed by atoms with Crippen molar-refractivity contribution in [2.24, 2.45) is 17.7 Å². The second-order valence-electron chi connectivity index (χ2n) is 5.96. The van der Waals surface area contributed by atoms with Gasteiger partial charge in [0.2, 0.25) is 0 Å². The Morgan fingerprint density at radius 3 is 3.05 bits per heavy atom. The third-order valence-corrected chi connectivity index (χ3v) is 4.88. The largest absolute Gasteiger partial charge is 0.493 e. The molecule has 3 nitrogen and oxygen atoms in total. The van der Waals surface area contributed by atoms with E-state index in [4.69, 9.17) is 10.6 Å². The Bertz CT molecular complexity index is 446. The number of ether oxygens (including phenoxy) is 1. The van der Waals surface area contributed by atoms with Crippen molar-refractivity contribution < 1.29 is 4.74 Å². The molecule has 1 aliphatic carbocycles. The van der Waals surface area contributed by atoms with Crippen molar-refractivity contribution in [3.63, 3.8) is 0 Å². The summed E-state index contributed by atoms with van der Waals surface area (Å²) < 4.78 is 5.58. The highest BCUT2D eigenvalue weighted by molar-refractivity contribution is 5.41. The maximum absolute atomic E-state index is 5.84. The quantitative estimate of drug-likeness (QED) is 0.646. The average molecular weight is 260 g/mol. The van der Waals surface area contributed by atoms with Crippen LogP contribution < -0.4 is 16.0 Å². The van der Waals surface area contributed by atoms with Crippen LogP contribution >= 0.6 is 0 Å². The summed E-state index contributed by atoms with van der Waals surface area (Å²) in [6.07, 6.45) is 6.28. The highest BCUT2D eigenvalue weighted by atomic mass is 16.5. The Hall–Kier alpha value is -1.06. The van der Waals surface area contributed by atoms with Gasteiger partial charge >= 0.3 is 0 Å². The molecule has 0 saturated heterocycles. The third-order valence-electron chi connectivity index (χ3n) is 4.88. The van der Waals surface area contributed by atoms with Gasteiger partial charge in [-0.3, -0.25) is 11.3 Å². The number of hydrazine groups is 1. The summed E-state index contributed by atoms with van der Waals surface area (Å²) in [5.74, 6) is 8.45. The standard InChI is InChI=1S/C16H24N2O/c1-2-11-3-4-13(9-11)16(18-17)14-5-6-15-12(10-14)7-8-19-15/h5-6,10-11,13,16,18H,2-4,7-9,17H2,1H3. The molecule has 3 atom stereocenters. The summed E-state index contributed by atoms with van der Waals surface area (Å²) in [5.41, 5.74) is 5.72. The van der Waals surface area contributed by atoms with E-state index in [1.54, 1.807) is 0 Å². The zero-order valence-corrected chi connectivity index (χ0v) is 11.7. The van der Waals surface area contributed by atoms with E-state index in [1.807, 2.05) is 0 Å². The molecule has 0 amide bonds. The minimum Gasteiger partial charge on any atom is -0.493 e. The van der Waals surface area contributed by atoms with Crippen molar-refractivity contribution >= 4 is 0 Å². The van der Waals surface area contributed by atoms with Gasteiger partial charge in [0, 0.05) is 12.5 Å². The first kappa shape index (κ1) is 12.9. The predicted molar refractivity (Wildman–Crippen MR) is 76.8 cm³/mol. The molecule has 104 valence electrons. The molecule has 3 unspecified atom stereocenters. The summed E-state index contributed by atoms with van der Waals surface area (Å²) in [6.45, 7) is 3.12. The van der Waals surface area contributed by atoms with Crippen LogP contribution in [-0.4, -0.2) is 6.61 Å². The number of rotatable bonds is 4. The van der Waals surface area contributed by atoms with Crippen molar-refractivity contribution in [3.8, 4) is 5.75 Å². The van der Waals surface area contributed by atoms with Crippen molar-refractivity contribution in [3.05, 3.63) is 29.3 Å². The maximum Gasteiger partial charge on any atom is 0.122 e. The second kappa shape index (κ2) is 5.51. The molecule has 0 aromatic heterocycles. The van der Waals surface area contributed by atoms with E-state index >= 15 is 0 Å². The van der Waals surface area contributed by atoms with Gasteiger partial charge in [0.1, 0.15) is 5.75 Å². The van der Waals surface area contributed by atoms with Crippen LogP contribution in [0.5, 0.6) is 5.75 Å². The van der Waals surface area contributed by atoms with Crippen LogP contribution in [0, 0.1) is 11.8 Å². The Kier molecular flexibility index (Phi) is 3.76. The van der Waals surface area contributed by atoms with Gasteiger partial charge < -0.3 is 4.74 Å². The van der Waals surface area contributed by atoms with Gasteiger partial charge in [0.25, 0.3) is 0 Å². The van der Waals surface area contributed by atoms with Gasteiger partial charge in [0.05, 0.1) is 6.61 Å². The minimum absolute atomic E-state index is 0.294. The molecular weight excluding hydrogens is 236 g/mol. The first-order chi connectivity index (χ1) is 9.31. The lowest BCUT2D eigenvalue weighted by Crippen LogP contribution is -2.32. The van der Waals surface area contributed by atoms with Gasteiger partial charge in [-0.1, -0.05) is 31.9 Å².